The molecule has 1 aromatic heterocycles. The van der Waals surface area contributed by atoms with Gasteiger partial charge in [0.2, 0.25) is 0 Å². The quantitative estimate of drug-likeness (QED) is 0.644. The highest BCUT2D eigenvalue weighted by atomic mass is 32.1. The number of hydrogen-bond acceptors (Lipinski definition) is 6. The number of nitrogens with one attached hydrogen (secondary N) is 1. The Hall–Kier alpha value is -1.43. The number of nitrogens with zero attached hydrogens (tertiary/aromatic N) is 1. The molecule has 6 heteroatoms. The molecule has 0 amide bonds. The average molecular weight is 310 g/mol. The second kappa shape index (κ2) is 7.02. The number of ketones is 1. The molecule has 1 N–H and O–H groups in total. The summed E-state index contributed by atoms with van der Waals surface area (Å²) in [5.74, 6) is 0.756. The van der Waals surface area contributed by atoms with Crippen LogP contribution in [0.15, 0.2) is 0 Å². The van der Waals surface area contributed by atoms with Crippen molar-refractivity contribution in [2.45, 2.75) is 40.0 Å². The SMILES string of the molecule is CCOC(=O)c1nc(NCC2CCC(C)C2)sc1C(C)=O. The first-order valence-electron chi connectivity index (χ1n) is 7.44. The third-order valence-corrected chi connectivity index (χ3v) is 4.87. The number of carbonyl (C=O) groups excluding carboxylic acids is 2. The Balaban J connectivity index is 2.04. The van der Waals surface area contributed by atoms with Crippen LogP contribution in [0.2, 0.25) is 0 Å². The van der Waals surface area contributed by atoms with E-state index in [1.807, 2.05) is 0 Å². The standard InChI is InChI=1S/C15H22N2O3S/c1-4-20-14(19)12-13(10(3)18)21-15(17-12)16-8-11-6-5-9(2)7-11/h9,11H,4-8H2,1-3H3,(H,16,17). The summed E-state index contributed by atoms with van der Waals surface area (Å²) >= 11 is 1.23. The van der Waals surface area contributed by atoms with Gasteiger partial charge in [-0.3, -0.25) is 4.79 Å². The van der Waals surface area contributed by atoms with Crippen molar-refractivity contribution in [1.29, 1.82) is 0 Å². The molecule has 1 aliphatic carbocycles. The Bertz CT molecular complexity index is 527. The third kappa shape index (κ3) is 4.03. The lowest BCUT2D eigenvalue weighted by Gasteiger charge is -2.09. The lowest BCUT2D eigenvalue weighted by molar-refractivity contribution is 0.0517. The number of carbonyl (C=O) groups is 2. The Labute approximate surface area is 129 Å². The molecule has 2 rings (SSSR count). The van der Waals surface area contributed by atoms with Crippen LogP contribution >= 0.6 is 11.3 Å². The number of rotatable bonds is 6. The van der Waals surface area contributed by atoms with E-state index in [2.05, 4.69) is 17.2 Å². The number of hydrogen-bond donors (Lipinski definition) is 1. The van der Waals surface area contributed by atoms with Crippen molar-refractivity contribution in [3.63, 3.8) is 0 Å². The summed E-state index contributed by atoms with van der Waals surface area (Å²) < 4.78 is 4.95. The lowest BCUT2D eigenvalue weighted by atomic mass is 10.1. The van der Waals surface area contributed by atoms with Gasteiger partial charge in [0.1, 0.15) is 4.88 Å². The fourth-order valence-electron chi connectivity index (χ4n) is 2.71. The highest BCUT2D eigenvalue weighted by Crippen LogP contribution is 2.31. The van der Waals surface area contributed by atoms with Gasteiger partial charge in [-0.2, -0.15) is 0 Å². The van der Waals surface area contributed by atoms with Gasteiger partial charge < -0.3 is 10.1 Å². The molecular weight excluding hydrogens is 288 g/mol. The molecule has 2 unspecified atom stereocenters. The topological polar surface area (TPSA) is 68.3 Å². The molecule has 5 nitrogen and oxygen atoms in total. The van der Waals surface area contributed by atoms with Crippen molar-refractivity contribution in [3.05, 3.63) is 10.6 Å². The fourth-order valence-corrected chi connectivity index (χ4v) is 3.57. The Kier molecular flexibility index (Phi) is 5.33. The number of Topliss-reactive ketones (excluding diaryl/α,β-unsaturated/α-hetero) is 1. The van der Waals surface area contributed by atoms with Gasteiger partial charge in [0.05, 0.1) is 6.61 Å². The van der Waals surface area contributed by atoms with Crippen LogP contribution in [0.4, 0.5) is 5.13 Å². The Morgan fingerprint density at radius 1 is 1.43 bits per heavy atom. The number of ether oxygens (including phenoxy) is 1. The predicted molar refractivity (Wildman–Crippen MR) is 83.1 cm³/mol. The van der Waals surface area contributed by atoms with E-state index in [-0.39, 0.29) is 18.1 Å². The van der Waals surface area contributed by atoms with E-state index in [4.69, 9.17) is 4.74 Å². The van der Waals surface area contributed by atoms with Crippen molar-refractivity contribution in [3.8, 4) is 0 Å². The second-order valence-electron chi connectivity index (χ2n) is 5.64. The largest absolute Gasteiger partial charge is 0.461 e. The molecule has 0 spiro atoms. The minimum atomic E-state index is -0.526. The van der Waals surface area contributed by atoms with E-state index in [1.54, 1.807) is 6.92 Å². The van der Waals surface area contributed by atoms with Gasteiger partial charge >= 0.3 is 5.97 Å². The van der Waals surface area contributed by atoms with E-state index < -0.39 is 5.97 Å². The van der Waals surface area contributed by atoms with E-state index >= 15 is 0 Å². The maximum Gasteiger partial charge on any atom is 0.358 e. The van der Waals surface area contributed by atoms with Crippen LogP contribution in [-0.2, 0) is 4.74 Å². The number of esters is 1. The zero-order valence-corrected chi connectivity index (χ0v) is 13.6. The lowest BCUT2D eigenvalue weighted by Crippen LogP contribution is -2.12. The molecule has 21 heavy (non-hydrogen) atoms. The number of anilines is 1. The minimum Gasteiger partial charge on any atom is -0.461 e. The van der Waals surface area contributed by atoms with Crippen LogP contribution in [0.25, 0.3) is 0 Å². The van der Waals surface area contributed by atoms with Crippen LogP contribution in [0.3, 0.4) is 0 Å². The number of aromatic nitrogens is 1. The first-order chi connectivity index (χ1) is 10.0. The minimum absolute atomic E-state index is 0.136. The smallest absolute Gasteiger partial charge is 0.358 e. The zero-order chi connectivity index (χ0) is 15.4. The predicted octanol–water partition coefficient (Wildman–Crippen LogP) is 3.37. The van der Waals surface area contributed by atoms with Crippen LogP contribution in [0, 0.1) is 11.8 Å². The van der Waals surface area contributed by atoms with E-state index in [1.165, 1.54) is 37.5 Å². The summed E-state index contributed by atoms with van der Waals surface area (Å²) in [6, 6.07) is 0. The van der Waals surface area contributed by atoms with Crippen LogP contribution < -0.4 is 5.32 Å². The van der Waals surface area contributed by atoms with Crippen LogP contribution in [0.5, 0.6) is 0 Å². The van der Waals surface area contributed by atoms with Crippen molar-refractivity contribution < 1.29 is 14.3 Å². The summed E-state index contributed by atoms with van der Waals surface area (Å²) in [5, 5.41) is 3.89. The van der Waals surface area contributed by atoms with Crippen molar-refractivity contribution in [2.24, 2.45) is 11.8 Å². The maximum atomic E-state index is 11.8. The van der Waals surface area contributed by atoms with Gasteiger partial charge in [-0.15, -0.1) is 0 Å². The van der Waals surface area contributed by atoms with Crippen LogP contribution in [-0.4, -0.2) is 29.9 Å². The van der Waals surface area contributed by atoms with Gasteiger partial charge in [0.15, 0.2) is 16.6 Å². The molecular formula is C15H22N2O3S. The molecule has 1 saturated carbocycles. The molecule has 1 fully saturated rings. The van der Waals surface area contributed by atoms with Crippen molar-refractivity contribution in [1.82, 2.24) is 4.98 Å². The maximum absolute atomic E-state index is 11.8. The molecule has 1 aliphatic rings. The fraction of sp³-hybridized carbons (Fsp3) is 0.667. The summed E-state index contributed by atoms with van der Waals surface area (Å²) in [6.07, 6.45) is 3.73. The summed E-state index contributed by atoms with van der Waals surface area (Å²) in [5.41, 5.74) is 0.136. The Morgan fingerprint density at radius 2 is 2.19 bits per heavy atom. The molecule has 0 aliphatic heterocycles. The van der Waals surface area contributed by atoms with Gasteiger partial charge in [0.25, 0.3) is 0 Å². The Morgan fingerprint density at radius 3 is 2.76 bits per heavy atom. The summed E-state index contributed by atoms with van der Waals surface area (Å²) in [7, 11) is 0. The van der Waals surface area contributed by atoms with Gasteiger partial charge in [0, 0.05) is 13.5 Å². The normalized spacial score (nSPS) is 21.3. The highest BCUT2D eigenvalue weighted by Gasteiger charge is 2.24. The molecule has 0 aromatic carbocycles. The molecule has 2 atom stereocenters. The molecule has 1 aromatic rings. The third-order valence-electron chi connectivity index (χ3n) is 3.76. The molecule has 1 heterocycles. The van der Waals surface area contributed by atoms with Gasteiger partial charge in [-0.25, -0.2) is 9.78 Å². The zero-order valence-electron chi connectivity index (χ0n) is 12.8. The monoisotopic (exact) mass is 310 g/mol. The van der Waals surface area contributed by atoms with Crippen LogP contribution in [0.1, 0.15) is 60.2 Å². The van der Waals surface area contributed by atoms with Crippen molar-refractivity contribution >= 4 is 28.2 Å². The molecule has 0 radical (unpaired) electrons. The van der Waals surface area contributed by atoms with E-state index in [0.29, 0.717) is 15.9 Å². The van der Waals surface area contributed by atoms with Gasteiger partial charge in [-0.05, 0) is 31.6 Å². The summed E-state index contributed by atoms with van der Waals surface area (Å²) in [4.78, 5) is 28.1. The summed E-state index contributed by atoms with van der Waals surface area (Å²) in [6.45, 7) is 6.57. The average Bonchev–Trinajstić information content (AvgIpc) is 3.03. The first-order valence-corrected chi connectivity index (χ1v) is 8.25. The van der Waals surface area contributed by atoms with E-state index in [9.17, 15) is 9.59 Å². The first kappa shape index (κ1) is 15.9. The highest BCUT2D eigenvalue weighted by molar-refractivity contribution is 7.17. The van der Waals surface area contributed by atoms with Crippen molar-refractivity contribution in [2.75, 3.05) is 18.5 Å². The molecule has 0 bridgehead atoms. The van der Waals surface area contributed by atoms with E-state index in [0.717, 1.165) is 12.5 Å². The van der Waals surface area contributed by atoms with Gasteiger partial charge in [-0.1, -0.05) is 24.7 Å². The molecule has 0 saturated heterocycles. The second-order valence-corrected chi connectivity index (χ2v) is 6.64. The molecule has 116 valence electrons. The number of thiazole rings is 1.